The third-order valence-corrected chi connectivity index (χ3v) is 1.88. The average Bonchev–Trinajstić information content (AvgIpc) is 2.30. The lowest BCUT2D eigenvalue weighted by Crippen LogP contribution is -2.05. The minimum Gasteiger partial charge on any atom is -0.468 e. The molecule has 0 spiro atoms. The highest BCUT2D eigenvalue weighted by Crippen LogP contribution is 2.12. The lowest BCUT2D eigenvalue weighted by molar-refractivity contribution is 0.0224. The Morgan fingerprint density at radius 3 is 2.38 bits per heavy atom. The molecule has 0 atom stereocenters. The number of benzene rings is 1. The second-order valence-electron chi connectivity index (χ2n) is 3.00. The van der Waals surface area contributed by atoms with Gasteiger partial charge in [-0.25, -0.2) is 4.79 Å². The van der Waals surface area contributed by atoms with Crippen LogP contribution in [-0.4, -0.2) is 26.0 Å². The molecule has 0 aliphatic rings. The Hall–Kier alpha value is -1.55. The van der Waals surface area contributed by atoms with Crippen molar-refractivity contribution in [3.63, 3.8) is 0 Å². The Labute approximate surface area is 95.1 Å². The third kappa shape index (κ3) is 3.90. The van der Waals surface area contributed by atoms with Gasteiger partial charge in [-0.05, 0) is 38.1 Å². The zero-order valence-electron chi connectivity index (χ0n) is 9.56. The predicted octanol–water partition coefficient (Wildman–Crippen LogP) is 2.24. The number of carbonyl (C=O) groups excluding carboxylic acids is 1. The lowest BCUT2D eigenvalue weighted by Gasteiger charge is -2.06. The van der Waals surface area contributed by atoms with Gasteiger partial charge >= 0.3 is 5.97 Å². The van der Waals surface area contributed by atoms with Gasteiger partial charge in [0.25, 0.3) is 0 Å². The maximum Gasteiger partial charge on any atom is 0.338 e. The van der Waals surface area contributed by atoms with Gasteiger partial charge in [-0.3, -0.25) is 0 Å². The van der Waals surface area contributed by atoms with E-state index in [1.54, 1.807) is 31.2 Å². The third-order valence-electron chi connectivity index (χ3n) is 1.88. The summed E-state index contributed by atoms with van der Waals surface area (Å²) >= 11 is 0. The van der Waals surface area contributed by atoms with Crippen LogP contribution in [0.1, 0.15) is 24.2 Å². The van der Waals surface area contributed by atoms with Crippen molar-refractivity contribution in [2.75, 3.05) is 20.0 Å². The largest absolute Gasteiger partial charge is 0.468 e. The first kappa shape index (κ1) is 12.5. The van der Waals surface area contributed by atoms with E-state index in [2.05, 4.69) is 0 Å². The maximum atomic E-state index is 11.3. The molecule has 4 heteroatoms. The average molecular weight is 224 g/mol. The fourth-order valence-electron chi connectivity index (χ4n) is 1.09. The highest BCUT2D eigenvalue weighted by atomic mass is 16.7. The highest BCUT2D eigenvalue weighted by molar-refractivity contribution is 5.89. The number of ether oxygens (including phenoxy) is 3. The summed E-state index contributed by atoms with van der Waals surface area (Å²) in [5.41, 5.74) is 0.519. The van der Waals surface area contributed by atoms with Crippen molar-refractivity contribution in [3.05, 3.63) is 29.8 Å². The molecule has 0 unspecified atom stereocenters. The quantitative estimate of drug-likeness (QED) is 0.422. The topological polar surface area (TPSA) is 44.8 Å². The minimum atomic E-state index is -0.321. The molecule has 16 heavy (non-hydrogen) atoms. The van der Waals surface area contributed by atoms with Crippen LogP contribution in [0.25, 0.3) is 0 Å². The molecule has 0 aliphatic carbocycles. The van der Waals surface area contributed by atoms with Crippen LogP contribution in [0.5, 0.6) is 5.75 Å². The Kier molecular flexibility index (Phi) is 5.36. The van der Waals surface area contributed by atoms with E-state index in [1.807, 2.05) is 6.92 Å². The van der Waals surface area contributed by atoms with E-state index in [0.29, 0.717) is 24.5 Å². The maximum absolute atomic E-state index is 11.3. The standard InChI is InChI=1S/C12H16O4/c1-3-14-9-16-11-7-5-10(6-8-11)12(13)15-4-2/h5-8H,3-4,9H2,1-2H3. The van der Waals surface area contributed by atoms with E-state index in [-0.39, 0.29) is 12.8 Å². The SMILES string of the molecule is CCOCOc1ccc(C(=O)OCC)cc1. The van der Waals surface area contributed by atoms with Crippen molar-refractivity contribution in [1.29, 1.82) is 0 Å². The summed E-state index contributed by atoms with van der Waals surface area (Å²) in [5.74, 6) is 0.348. The van der Waals surface area contributed by atoms with Gasteiger partial charge in [0.2, 0.25) is 0 Å². The minimum absolute atomic E-state index is 0.218. The van der Waals surface area contributed by atoms with Crippen LogP contribution in [0.2, 0.25) is 0 Å². The van der Waals surface area contributed by atoms with Crippen LogP contribution in [0, 0.1) is 0 Å². The molecule has 1 aromatic carbocycles. The van der Waals surface area contributed by atoms with Gasteiger partial charge in [0, 0.05) is 6.61 Å². The fourth-order valence-corrected chi connectivity index (χ4v) is 1.09. The van der Waals surface area contributed by atoms with Crippen molar-refractivity contribution in [2.45, 2.75) is 13.8 Å². The number of rotatable bonds is 6. The summed E-state index contributed by atoms with van der Waals surface area (Å²) in [6, 6.07) is 6.76. The molecule has 0 amide bonds. The molecular formula is C12H16O4. The Bertz CT molecular complexity index is 318. The molecule has 0 aliphatic heterocycles. The number of hydrogen-bond donors (Lipinski definition) is 0. The van der Waals surface area contributed by atoms with Gasteiger partial charge < -0.3 is 14.2 Å². The summed E-state index contributed by atoms with van der Waals surface area (Å²) in [5, 5.41) is 0. The van der Waals surface area contributed by atoms with Crippen LogP contribution in [0.4, 0.5) is 0 Å². The number of esters is 1. The molecule has 0 aromatic heterocycles. The molecule has 0 heterocycles. The Morgan fingerprint density at radius 1 is 1.12 bits per heavy atom. The molecule has 0 N–H and O–H groups in total. The van der Waals surface area contributed by atoms with Crippen LogP contribution >= 0.6 is 0 Å². The summed E-state index contributed by atoms with van der Waals surface area (Å²) in [4.78, 5) is 11.3. The van der Waals surface area contributed by atoms with Gasteiger partial charge in [0.15, 0.2) is 6.79 Å². The van der Waals surface area contributed by atoms with Crippen molar-refractivity contribution < 1.29 is 19.0 Å². The van der Waals surface area contributed by atoms with E-state index >= 15 is 0 Å². The first-order valence-electron chi connectivity index (χ1n) is 5.25. The van der Waals surface area contributed by atoms with Gasteiger partial charge in [-0.2, -0.15) is 0 Å². The predicted molar refractivity (Wildman–Crippen MR) is 59.5 cm³/mol. The van der Waals surface area contributed by atoms with Crippen molar-refractivity contribution in [1.82, 2.24) is 0 Å². The number of hydrogen-bond acceptors (Lipinski definition) is 4. The summed E-state index contributed by atoms with van der Waals surface area (Å²) in [6.07, 6.45) is 0. The van der Waals surface area contributed by atoms with E-state index in [4.69, 9.17) is 14.2 Å². The van der Waals surface area contributed by atoms with Crippen LogP contribution < -0.4 is 4.74 Å². The second kappa shape index (κ2) is 6.85. The summed E-state index contributed by atoms with van der Waals surface area (Å²) < 4.78 is 15.2. The van der Waals surface area contributed by atoms with Crippen molar-refractivity contribution in [2.24, 2.45) is 0 Å². The molecule has 88 valence electrons. The molecule has 0 radical (unpaired) electrons. The second-order valence-corrected chi connectivity index (χ2v) is 3.00. The number of carbonyl (C=O) groups is 1. The Balaban J connectivity index is 2.50. The lowest BCUT2D eigenvalue weighted by atomic mass is 10.2. The van der Waals surface area contributed by atoms with E-state index in [1.165, 1.54) is 0 Å². The molecule has 1 aromatic rings. The zero-order valence-corrected chi connectivity index (χ0v) is 9.56. The van der Waals surface area contributed by atoms with E-state index in [9.17, 15) is 4.79 Å². The molecule has 0 saturated carbocycles. The van der Waals surface area contributed by atoms with Crippen molar-refractivity contribution in [3.8, 4) is 5.75 Å². The highest BCUT2D eigenvalue weighted by Gasteiger charge is 2.05. The van der Waals surface area contributed by atoms with Crippen LogP contribution in [0.15, 0.2) is 24.3 Å². The monoisotopic (exact) mass is 224 g/mol. The van der Waals surface area contributed by atoms with Gasteiger partial charge in [-0.1, -0.05) is 0 Å². The first-order chi connectivity index (χ1) is 7.77. The van der Waals surface area contributed by atoms with Crippen LogP contribution in [0.3, 0.4) is 0 Å². The smallest absolute Gasteiger partial charge is 0.338 e. The molecule has 0 fully saturated rings. The summed E-state index contributed by atoms with van der Waals surface area (Å²) in [7, 11) is 0. The molecule has 0 bridgehead atoms. The normalized spacial score (nSPS) is 9.88. The van der Waals surface area contributed by atoms with Gasteiger partial charge in [0.05, 0.1) is 12.2 Å². The molecule has 4 nitrogen and oxygen atoms in total. The van der Waals surface area contributed by atoms with Crippen LogP contribution in [-0.2, 0) is 9.47 Å². The zero-order chi connectivity index (χ0) is 11.8. The molecular weight excluding hydrogens is 208 g/mol. The fraction of sp³-hybridized carbons (Fsp3) is 0.417. The van der Waals surface area contributed by atoms with Gasteiger partial charge in [0.1, 0.15) is 5.75 Å². The molecule has 1 rings (SSSR count). The van der Waals surface area contributed by atoms with Gasteiger partial charge in [-0.15, -0.1) is 0 Å². The molecule has 0 saturated heterocycles. The van der Waals surface area contributed by atoms with Crippen molar-refractivity contribution >= 4 is 5.97 Å². The van der Waals surface area contributed by atoms with E-state index in [0.717, 1.165) is 0 Å². The van der Waals surface area contributed by atoms with E-state index < -0.39 is 0 Å². The summed E-state index contributed by atoms with van der Waals surface area (Å²) in [6.45, 7) is 4.88. The Morgan fingerprint density at radius 2 is 1.81 bits per heavy atom. The first-order valence-corrected chi connectivity index (χ1v) is 5.25.